The number of benzene rings is 1. The number of ether oxygens (including phenoxy) is 1. The summed E-state index contributed by atoms with van der Waals surface area (Å²) in [6.07, 6.45) is 0.282. The average molecular weight is 270 g/mol. The number of hydrogen-bond acceptors (Lipinski definition) is 3. The highest BCUT2D eigenvalue weighted by molar-refractivity contribution is 9.10. The maximum Gasteiger partial charge on any atom is 0.231 e. The molecule has 1 amide bonds. The molecular formula is C10H8BrNO3. The summed E-state index contributed by atoms with van der Waals surface area (Å²) in [5.74, 6) is 0.903. The van der Waals surface area contributed by atoms with Crippen LogP contribution in [0.15, 0.2) is 16.6 Å². The van der Waals surface area contributed by atoms with Gasteiger partial charge >= 0.3 is 0 Å². The van der Waals surface area contributed by atoms with Crippen molar-refractivity contribution in [1.82, 2.24) is 4.90 Å². The Bertz CT molecular complexity index is 460. The average Bonchev–Trinajstić information content (AvgIpc) is 2.22. The number of nitrogens with zero attached hydrogens (tertiary/aromatic N) is 1. The quantitative estimate of drug-likeness (QED) is 0.728. The number of hydrogen-bond donors (Lipinski definition) is 1. The molecule has 4 nitrogen and oxygen atoms in total. The van der Waals surface area contributed by atoms with E-state index in [1.54, 1.807) is 17.0 Å². The third-order valence-electron chi connectivity index (χ3n) is 2.79. The van der Waals surface area contributed by atoms with Crippen molar-refractivity contribution in [3.8, 4) is 11.5 Å². The van der Waals surface area contributed by atoms with Crippen LogP contribution >= 0.6 is 15.9 Å². The molecule has 1 aromatic rings. The van der Waals surface area contributed by atoms with Crippen LogP contribution in [0.3, 0.4) is 0 Å². The van der Waals surface area contributed by atoms with Crippen LogP contribution in [-0.4, -0.2) is 22.1 Å². The van der Waals surface area contributed by atoms with Crippen LogP contribution in [0.2, 0.25) is 0 Å². The van der Waals surface area contributed by atoms with E-state index in [1.807, 2.05) is 0 Å². The van der Waals surface area contributed by atoms with Gasteiger partial charge in [-0.2, -0.15) is 0 Å². The molecule has 3 rings (SSSR count). The van der Waals surface area contributed by atoms with Crippen LogP contribution in [-0.2, 0) is 11.3 Å². The topological polar surface area (TPSA) is 49.8 Å². The third kappa shape index (κ3) is 1.16. The smallest absolute Gasteiger partial charge is 0.231 e. The van der Waals surface area contributed by atoms with Crippen LogP contribution in [0.5, 0.6) is 11.5 Å². The molecular weight excluding hydrogens is 262 g/mol. The maximum absolute atomic E-state index is 11.2. The normalized spacial score (nSPS) is 22.6. The van der Waals surface area contributed by atoms with Gasteiger partial charge in [-0.05, 0) is 28.1 Å². The van der Waals surface area contributed by atoms with Gasteiger partial charge in [0.15, 0.2) is 6.23 Å². The molecule has 0 spiro atoms. The van der Waals surface area contributed by atoms with Gasteiger partial charge in [0.1, 0.15) is 11.5 Å². The van der Waals surface area contributed by atoms with E-state index in [1.165, 1.54) is 0 Å². The van der Waals surface area contributed by atoms with Gasteiger partial charge in [-0.25, -0.2) is 0 Å². The van der Waals surface area contributed by atoms with E-state index < -0.39 is 0 Å². The van der Waals surface area contributed by atoms with Crippen LogP contribution in [0, 0.1) is 0 Å². The van der Waals surface area contributed by atoms with E-state index in [2.05, 4.69) is 15.9 Å². The summed E-state index contributed by atoms with van der Waals surface area (Å²) in [4.78, 5) is 12.8. The van der Waals surface area contributed by atoms with E-state index in [0.29, 0.717) is 24.3 Å². The Morgan fingerprint density at radius 2 is 2.33 bits per heavy atom. The minimum absolute atomic E-state index is 0.0741. The van der Waals surface area contributed by atoms with Gasteiger partial charge in [0, 0.05) is 0 Å². The first-order chi connectivity index (χ1) is 7.16. The highest BCUT2D eigenvalue weighted by Gasteiger charge is 2.42. The summed E-state index contributed by atoms with van der Waals surface area (Å²) < 4.78 is 6.43. The first-order valence-corrected chi connectivity index (χ1v) is 5.42. The van der Waals surface area contributed by atoms with Gasteiger partial charge in [-0.15, -0.1) is 0 Å². The van der Waals surface area contributed by atoms with Crippen molar-refractivity contribution in [3.05, 3.63) is 22.2 Å². The molecule has 0 aliphatic carbocycles. The summed E-state index contributed by atoms with van der Waals surface area (Å²) in [5.41, 5.74) is 0.675. The Morgan fingerprint density at radius 1 is 1.53 bits per heavy atom. The standard InChI is InChI=1S/C10H8BrNO3/c11-6-1-2-7(13)5-4-12-8(14)3-9(12)15-10(5)6/h1-2,9,13H,3-4H2. The Balaban J connectivity index is 2.08. The highest BCUT2D eigenvalue weighted by Crippen LogP contribution is 2.42. The zero-order valence-corrected chi connectivity index (χ0v) is 9.32. The SMILES string of the molecule is O=C1CC2Oc3c(Br)ccc(O)c3CN12. The monoisotopic (exact) mass is 269 g/mol. The lowest BCUT2D eigenvalue weighted by Crippen LogP contribution is -2.56. The molecule has 1 atom stereocenters. The summed E-state index contributed by atoms with van der Waals surface area (Å²) in [6.45, 7) is 0.435. The molecule has 0 aromatic heterocycles. The predicted molar refractivity (Wildman–Crippen MR) is 55.4 cm³/mol. The number of phenolic OH excluding ortho intramolecular Hbond substituents is 1. The van der Waals surface area contributed by atoms with Crippen molar-refractivity contribution in [2.75, 3.05) is 0 Å². The molecule has 2 aliphatic rings. The molecule has 1 fully saturated rings. The lowest BCUT2D eigenvalue weighted by Gasteiger charge is -2.44. The largest absolute Gasteiger partial charge is 0.507 e. The molecule has 2 aliphatic heterocycles. The molecule has 1 saturated heterocycles. The first-order valence-electron chi connectivity index (χ1n) is 4.63. The van der Waals surface area contributed by atoms with Crippen LogP contribution in [0.1, 0.15) is 12.0 Å². The fourth-order valence-electron chi connectivity index (χ4n) is 1.90. The highest BCUT2D eigenvalue weighted by atomic mass is 79.9. The fraction of sp³-hybridized carbons (Fsp3) is 0.300. The number of phenols is 1. The molecule has 0 saturated carbocycles. The predicted octanol–water partition coefficient (Wildman–Crippen LogP) is 1.61. The minimum atomic E-state index is -0.150. The second kappa shape index (κ2) is 2.88. The van der Waals surface area contributed by atoms with Gasteiger partial charge in [0.2, 0.25) is 5.91 Å². The molecule has 0 radical (unpaired) electrons. The summed E-state index contributed by atoms with van der Waals surface area (Å²) in [5, 5.41) is 9.66. The van der Waals surface area contributed by atoms with Gasteiger partial charge in [-0.3, -0.25) is 4.79 Å². The third-order valence-corrected chi connectivity index (χ3v) is 3.41. The zero-order valence-electron chi connectivity index (χ0n) is 7.74. The van der Waals surface area contributed by atoms with Crippen LogP contribution in [0.25, 0.3) is 0 Å². The summed E-state index contributed by atoms with van der Waals surface area (Å²) in [7, 11) is 0. The Kier molecular flexibility index (Phi) is 1.74. The number of fused-ring (bicyclic) bond motifs is 2. The summed E-state index contributed by atoms with van der Waals surface area (Å²) >= 11 is 3.36. The minimum Gasteiger partial charge on any atom is -0.507 e. The van der Waals surface area contributed by atoms with Crippen molar-refractivity contribution in [3.63, 3.8) is 0 Å². The molecule has 0 bridgehead atoms. The number of aromatic hydroxyl groups is 1. The molecule has 15 heavy (non-hydrogen) atoms. The van der Waals surface area contributed by atoms with E-state index in [9.17, 15) is 9.90 Å². The number of halogens is 1. The molecule has 1 aromatic carbocycles. The second-order valence-electron chi connectivity index (χ2n) is 3.67. The van der Waals surface area contributed by atoms with Crippen molar-refractivity contribution >= 4 is 21.8 Å². The molecule has 1 unspecified atom stereocenters. The van der Waals surface area contributed by atoms with E-state index in [4.69, 9.17) is 4.74 Å². The second-order valence-corrected chi connectivity index (χ2v) is 4.53. The molecule has 5 heteroatoms. The Labute approximate surface area is 94.6 Å². The summed E-state index contributed by atoms with van der Waals surface area (Å²) in [6, 6.07) is 3.33. The van der Waals surface area contributed by atoms with Gasteiger partial charge in [-0.1, -0.05) is 0 Å². The van der Waals surface area contributed by atoms with E-state index >= 15 is 0 Å². The van der Waals surface area contributed by atoms with E-state index in [0.717, 1.165) is 4.47 Å². The Hall–Kier alpha value is -1.23. The van der Waals surface area contributed by atoms with Crippen molar-refractivity contribution in [2.45, 2.75) is 19.2 Å². The fourth-order valence-corrected chi connectivity index (χ4v) is 2.36. The molecule has 1 N–H and O–H groups in total. The molecule has 78 valence electrons. The van der Waals surface area contributed by atoms with Gasteiger partial charge < -0.3 is 14.7 Å². The number of β-lactam (4-membered cyclic amide) rings is 1. The lowest BCUT2D eigenvalue weighted by molar-refractivity contribution is -0.165. The lowest BCUT2D eigenvalue weighted by atomic mass is 10.0. The van der Waals surface area contributed by atoms with Crippen molar-refractivity contribution in [1.29, 1.82) is 0 Å². The van der Waals surface area contributed by atoms with Crippen molar-refractivity contribution in [2.24, 2.45) is 0 Å². The van der Waals surface area contributed by atoms with Crippen molar-refractivity contribution < 1.29 is 14.6 Å². The number of carbonyl (C=O) groups excluding carboxylic acids is 1. The first kappa shape index (κ1) is 9.03. The van der Waals surface area contributed by atoms with Gasteiger partial charge in [0.05, 0.1) is 23.0 Å². The number of rotatable bonds is 0. The van der Waals surface area contributed by atoms with Crippen LogP contribution < -0.4 is 4.74 Å². The van der Waals surface area contributed by atoms with E-state index in [-0.39, 0.29) is 17.9 Å². The molecule has 2 heterocycles. The Morgan fingerprint density at radius 3 is 3.07 bits per heavy atom. The zero-order chi connectivity index (χ0) is 10.6. The number of carbonyl (C=O) groups is 1. The van der Waals surface area contributed by atoms with Gasteiger partial charge in [0.25, 0.3) is 0 Å². The maximum atomic E-state index is 11.2. The number of amides is 1. The van der Waals surface area contributed by atoms with Crippen LogP contribution in [0.4, 0.5) is 0 Å².